The summed E-state index contributed by atoms with van der Waals surface area (Å²) in [6.45, 7) is 5.42. The summed E-state index contributed by atoms with van der Waals surface area (Å²) in [6, 6.07) is 17.3. The molecule has 0 aliphatic heterocycles. The maximum Gasteiger partial charge on any atom is 0.251 e. The number of halogens is 2. The van der Waals surface area contributed by atoms with Crippen LogP contribution in [0.5, 0.6) is 5.75 Å². The first-order valence-corrected chi connectivity index (χ1v) is 11.2. The van der Waals surface area contributed by atoms with Crippen LogP contribution in [0.15, 0.2) is 60.7 Å². The maximum absolute atomic E-state index is 13.1. The van der Waals surface area contributed by atoms with E-state index >= 15 is 0 Å². The van der Waals surface area contributed by atoms with Gasteiger partial charge in [0.15, 0.2) is 0 Å². The van der Waals surface area contributed by atoms with Gasteiger partial charge < -0.3 is 14.6 Å². The monoisotopic (exact) mass is 465 g/mol. The van der Waals surface area contributed by atoms with Gasteiger partial charge in [-0.1, -0.05) is 23.7 Å². The van der Waals surface area contributed by atoms with Crippen molar-refractivity contribution in [1.82, 2.24) is 14.9 Å². The van der Waals surface area contributed by atoms with Crippen LogP contribution in [0, 0.1) is 19.7 Å². The summed E-state index contributed by atoms with van der Waals surface area (Å²) in [5, 5.41) is 3.64. The second-order valence-electron chi connectivity index (χ2n) is 7.90. The molecule has 3 aromatic carbocycles. The molecule has 0 atom stereocenters. The number of fused-ring (bicyclic) bond motifs is 1. The van der Waals surface area contributed by atoms with Crippen molar-refractivity contribution in [3.8, 4) is 5.75 Å². The van der Waals surface area contributed by atoms with Crippen LogP contribution in [0.4, 0.5) is 4.39 Å². The third-order valence-electron chi connectivity index (χ3n) is 5.47. The molecule has 0 spiro atoms. The molecule has 1 amide bonds. The Bertz CT molecular complexity index is 1260. The molecule has 1 heterocycles. The molecule has 1 aromatic heterocycles. The van der Waals surface area contributed by atoms with Crippen molar-refractivity contribution in [2.45, 2.75) is 26.8 Å². The van der Waals surface area contributed by atoms with Gasteiger partial charge in [-0.05, 0) is 73.5 Å². The number of hydrogen-bond acceptors (Lipinski definition) is 3. The lowest BCUT2D eigenvalue weighted by Gasteiger charge is -2.13. The van der Waals surface area contributed by atoms with Crippen molar-refractivity contribution in [1.29, 1.82) is 0 Å². The molecule has 0 radical (unpaired) electrons. The van der Waals surface area contributed by atoms with Gasteiger partial charge in [0.05, 0.1) is 17.6 Å². The van der Waals surface area contributed by atoms with E-state index in [1.165, 1.54) is 24.3 Å². The molecule has 170 valence electrons. The number of nitrogens with zero attached hydrogens (tertiary/aromatic N) is 2. The molecule has 0 saturated heterocycles. The van der Waals surface area contributed by atoms with E-state index in [9.17, 15) is 9.18 Å². The quantitative estimate of drug-likeness (QED) is 0.374. The zero-order valence-corrected chi connectivity index (χ0v) is 19.3. The number of rotatable bonds is 8. The number of carbonyl (C=O) groups is 1. The molecule has 4 aromatic rings. The number of benzene rings is 3. The average molecular weight is 466 g/mol. The first-order chi connectivity index (χ1) is 15.9. The van der Waals surface area contributed by atoms with Gasteiger partial charge in [0, 0.05) is 23.6 Å². The highest BCUT2D eigenvalue weighted by molar-refractivity contribution is 6.32. The van der Waals surface area contributed by atoms with Crippen LogP contribution in [-0.2, 0) is 13.0 Å². The Morgan fingerprint density at radius 1 is 1.09 bits per heavy atom. The topological polar surface area (TPSA) is 56.1 Å². The Labute approximate surface area is 197 Å². The second-order valence-corrected chi connectivity index (χ2v) is 8.28. The molecule has 0 saturated carbocycles. The van der Waals surface area contributed by atoms with Crippen molar-refractivity contribution in [2.75, 3.05) is 13.2 Å². The fourth-order valence-electron chi connectivity index (χ4n) is 3.80. The van der Waals surface area contributed by atoms with Crippen LogP contribution in [0.3, 0.4) is 0 Å². The van der Waals surface area contributed by atoms with E-state index in [2.05, 4.69) is 9.88 Å². The van der Waals surface area contributed by atoms with E-state index in [1.807, 2.05) is 50.2 Å². The number of hydrogen-bond donors (Lipinski definition) is 1. The summed E-state index contributed by atoms with van der Waals surface area (Å²) in [7, 11) is 0. The Balaban J connectivity index is 1.43. The van der Waals surface area contributed by atoms with E-state index < -0.39 is 0 Å². The summed E-state index contributed by atoms with van der Waals surface area (Å²) in [4.78, 5) is 17.1. The number of carbonyl (C=O) groups excluding carboxylic acids is 1. The van der Waals surface area contributed by atoms with Gasteiger partial charge in [-0.2, -0.15) is 0 Å². The van der Waals surface area contributed by atoms with Gasteiger partial charge in [-0.15, -0.1) is 0 Å². The number of aryl methyl sites for hydroxylation is 2. The molecule has 0 bridgehead atoms. The summed E-state index contributed by atoms with van der Waals surface area (Å²) in [6.07, 6.45) is 0.556. The third-order valence-corrected chi connectivity index (χ3v) is 6.06. The largest absolute Gasteiger partial charge is 0.492 e. The number of para-hydroxylation sites is 2. The van der Waals surface area contributed by atoms with E-state index in [0.29, 0.717) is 31.7 Å². The summed E-state index contributed by atoms with van der Waals surface area (Å²) in [5.41, 5.74) is 4.31. The highest BCUT2D eigenvalue weighted by Crippen LogP contribution is 2.26. The van der Waals surface area contributed by atoms with Crippen LogP contribution in [0.25, 0.3) is 11.0 Å². The van der Waals surface area contributed by atoms with Gasteiger partial charge in [0.1, 0.15) is 24.0 Å². The molecular formula is C26H25ClFN3O2. The first-order valence-electron chi connectivity index (χ1n) is 10.8. The molecule has 0 unspecified atom stereocenters. The predicted molar refractivity (Wildman–Crippen MR) is 129 cm³/mol. The van der Waals surface area contributed by atoms with Gasteiger partial charge >= 0.3 is 0 Å². The van der Waals surface area contributed by atoms with Crippen LogP contribution in [0.1, 0.15) is 27.3 Å². The molecule has 4 rings (SSSR count). The van der Waals surface area contributed by atoms with Gasteiger partial charge in [0.25, 0.3) is 5.91 Å². The summed E-state index contributed by atoms with van der Waals surface area (Å²) in [5.74, 6) is 1.04. The smallest absolute Gasteiger partial charge is 0.251 e. The molecule has 7 heteroatoms. The van der Waals surface area contributed by atoms with Gasteiger partial charge in [-0.25, -0.2) is 9.37 Å². The van der Waals surface area contributed by atoms with Crippen molar-refractivity contribution in [3.63, 3.8) is 0 Å². The van der Waals surface area contributed by atoms with E-state index in [-0.39, 0.29) is 11.7 Å². The van der Waals surface area contributed by atoms with Crippen LogP contribution >= 0.6 is 11.6 Å². The summed E-state index contributed by atoms with van der Waals surface area (Å²) >= 11 is 6.25. The Morgan fingerprint density at radius 2 is 1.79 bits per heavy atom. The zero-order chi connectivity index (χ0) is 23.4. The minimum atomic E-state index is -0.369. The lowest BCUT2D eigenvalue weighted by atomic mass is 10.1. The minimum Gasteiger partial charge on any atom is -0.492 e. The number of aromatic nitrogens is 2. The lowest BCUT2D eigenvalue weighted by Crippen LogP contribution is -2.26. The van der Waals surface area contributed by atoms with Crippen LogP contribution in [-0.4, -0.2) is 28.6 Å². The predicted octanol–water partition coefficient (Wildman–Crippen LogP) is 5.50. The van der Waals surface area contributed by atoms with Crippen molar-refractivity contribution in [2.24, 2.45) is 0 Å². The van der Waals surface area contributed by atoms with Crippen molar-refractivity contribution >= 4 is 28.5 Å². The van der Waals surface area contributed by atoms with Gasteiger partial charge in [0.2, 0.25) is 0 Å². The fraction of sp³-hybridized carbons (Fsp3) is 0.231. The van der Waals surface area contributed by atoms with E-state index in [0.717, 1.165) is 38.8 Å². The first kappa shape index (κ1) is 22.8. The molecular weight excluding hydrogens is 441 g/mol. The molecule has 0 fully saturated rings. The number of nitrogens with one attached hydrogen (secondary N) is 1. The van der Waals surface area contributed by atoms with Crippen LogP contribution < -0.4 is 10.1 Å². The van der Waals surface area contributed by atoms with Crippen LogP contribution in [0.2, 0.25) is 5.02 Å². The van der Waals surface area contributed by atoms with E-state index in [4.69, 9.17) is 21.3 Å². The Morgan fingerprint density at radius 3 is 2.52 bits per heavy atom. The minimum absolute atomic E-state index is 0.241. The standard InChI is InChI=1S/C26H25ClFN3O2/c1-17-15-21(16-18(2)25(17)27)33-14-13-31-23-6-4-3-5-22(23)30-24(31)11-12-29-26(32)19-7-9-20(28)10-8-19/h3-10,15-16H,11-14H2,1-2H3,(H,29,32). The zero-order valence-electron chi connectivity index (χ0n) is 18.6. The molecule has 0 aliphatic rings. The number of imidazole rings is 1. The molecule has 1 N–H and O–H groups in total. The molecule has 0 aliphatic carbocycles. The van der Waals surface area contributed by atoms with Gasteiger partial charge in [-0.3, -0.25) is 4.79 Å². The molecule has 33 heavy (non-hydrogen) atoms. The fourth-order valence-corrected chi connectivity index (χ4v) is 3.91. The normalized spacial score (nSPS) is 11.0. The van der Waals surface area contributed by atoms with E-state index in [1.54, 1.807) is 0 Å². The van der Waals surface area contributed by atoms with Crippen molar-refractivity contribution < 1.29 is 13.9 Å². The summed E-state index contributed by atoms with van der Waals surface area (Å²) < 4.78 is 21.2. The SMILES string of the molecule is Cc1cc(OCCn2c(CCNC(=O)c3ccc(F)cc3)nc3ccccc32)cc(C)c1Cl. The second kappa shape index (κ2) is 10.0. The highest BCUT2D eigenvalue weighted by atomic mass is 35.5. The third kappa shape index (κ3) is 5.34. The maximum atomic E-state index is 13.1. The Hall–Kier alpha value is -3.38. The number of ether oxygens (including phenoxy) is 1. The average Bonchev–Trinajstić information content (AvgIpc) is 3.15. The molecule has 5 nitrogen and oxygen atoms in total. The lowest BCUT2D eigenvalue weighted by molar-refractivity contribution is 0.0954. The highest BCUT2D eigenvalue weighted by Gasteiger charge is 2.12. The Kier molecular flexibility index (Phi) is 6.94. The van der Waals surface area contributed by atoms with Crippen molar-refractivity contribution in [3.05, 3.63) is 94.0 Å². The number of amides is 1.